The Morgan fingerprint density at radius 3 is 2.04 bits per heavy atom. The SMILES string of the molecule is Brc1ccc(-c2cccc(N(c3ccc4sc5ccccc5c4c3)c3ccc4c5cc6oc7ccccc7c6cc5n(-c5ccccc5)c4c3)c2)cc1. The molecule has 0 saturated heterocycles. The highest BCUT2D eigenvalue weighted by Gasteiger charge is 2.20. The molecule has 0 amide bonds. The van der Waals surface area contributed by atoms with Crippen molar-refractivity contribution in [2.24, 2.45) is 0 Å². The molecule has 0 aliphatic rings. The van der Waals surface area contributed by atoms with Crippen LogP contribution in [-0.4, -0.2) is 4.57 Å². The van der Waals surface area contributed by atoms with Crippen molar-refractivity contribution in [3.05, 3.63) is 180 Å². The minimum Gasteiger partial charge on any atom is -0.456 e. The number of anilines is 3. The molecule has 250 valence electrons. The van der Waals surface area contributed by atoms with Crippen LogP contribution in [0.25, 0.3) is 80.7 Å². The van der Waals surface area contributed by atoms with Crippen molar-refractivity contribution < 1.29 is 4.42 Å². The number of halogens is 1. The van der Waals surface area contributed by atoms with Crippen molar-refractivity contribution in [2.75, 3.05) is 4.90 Å². The smallest absolute Gasteiger partial charge is 0.136 e. The van der Waals surface area contributed by atoms with E-state index in [2.05, 4.69) is 189 Å². The third-order valence-corrected chi connectivity index (χ3v) is 12.1. The molecule has 0 aliphatic carbocycles. The molecule has 0 aliphatic heterocycles. The Labute approximate surface area is 317 Å². The Bertz CT molecular complexity index is 3190. The van der Waals surface area contributed by atoms with Crippen LogP contribution in [0.4, 0.5) is 17.1 Å². The molecule has 3 aromatic heterocycles. The number of benzene rings is 8. The van der Waals surface area contributed by atoms with Gasteiger partial charge in [0, 0.05) is 68.9 Å². The van der Waals surface area contributed by atoms with Gasteiger partial charge in [-0.2, -0.15) is 0 Å². The maximum atomic E-state index is 6.40. The van der Waals surface area contributed by atoms with E-state index < -0.39 is 0 Å². The first kappa shape index (κ1) is 30.5. The lowest BCUT2D eigenvalue weighted by Crippen LogP contribution is -2.10. The number of para-hydroxylation sites is 2. The van der Waals surface area contributed by atoms with Gasteiger partial charge in [0.25, 0.3) is 0 Å². The normalized spacial score (nSPS) is 11.9. The largest absolute Gasteiger partial charge is 0.456 e. The van der Waals surface area contributed by atoms with Crippen LogP contribution in [0.1, 0.15) is 0 Å². The number of furan rings is 1. The summed E-state index contributed by atoms with van der Waals surface area (Å²) in [6.07, 6.45) is 0. The lowest BCUT2D eigenvalue weighted by molar-refractivity contribution is 0.669. The quantitative estimate of drug-likeness (QED) is 0.174. The first-order chi connectivity index (χ1) is 26.2. The summed E-state index contributed by atoms with van der Waals surface area (Å²) in [6.45, 7) is 0. The number of thiophene rings is 1. The maximum Gasteiger partial charge on any atom is 0.136 e. The molecular weight excluding hydrogens is 733 g/mol. The Kier molecular flexibility index (Phi) is 6.88. The fourth-order valence-electron chi connectivity index (χ4n) is 7.98. The number of hydrogen-bond acceptors (Lipinski definition) is 3. The molecule has 3 nitrogen and oxygen atoms in total. The maximum absolute atomic E-state index is 6.40. The summed E-state index contributed by atoms with van der Waals surface area (Å²) in [4.78, 5) is 2.40. The van der Waals surface area contributed by atoms with Crippen molar-refractivity contribution in [3.8, 4) is 16.8 Å². The number of rotatable bonds is 5. The van der Waals surface area contributed by atoms with Crippen LogP contribution >= 0.6 is 27.3 Å². The summed E-state index contributed by atoms with van der Waals surface area (Å²) < 4.78 is 12.5. The molecule has 3 heterocycles. The second kappa shape index (κ2) is 12.0. The molecule has 11 rings (SSSR count). The standard InChI is InChI=1S/C48H29BrN2OS/c49-32-19-17-30(18-20-32)31-9-8-12-34(25-31)50(35-22-24-48-42(26-35)39-14-5-7-16-47(39)53-48)36-21-23-37-40-29-46-41(38-13-4-6-15-45(38)52-46)28-44(40)51(43(37)27-36)33-10-2-1-3-11-33/h1-29H. The van der Waals surface area contributed by atoms with E-state index in [0.717, 1.165) is 71.1 Å². The molecule has 53 heavy (non-hydrogen) atoms. The summed E-state index contributed by atoms with van der Waals surface area (Å²) in [6, 6.07) is 63.5. The van der Waals surface area contributed by atoms with Gasteiger partial charge in [0.2, 0.25) is 0 Å². The monoisotopic (exact) mass is 760 g/mol. The minimum absolute atomic E-state index is 0.901. The summed E-state index contributed by atoms with van der Waals surface area (Å²) in [5.74, 6) is 0. The molecule has 0 unspecified atom stereocenters. The van der Waals surface area contributed by atoms with Gasteiger partial charge in [-0.15, -0.1) is 11.3 Å². The molecule has 0 atom stereocenters. The van der Waals surface area contributed by atoms with Crippen molar-refractivity contribution in [1.29, 1.82) is 0 Å². The van der Waals surface area contributed by atoms with Crippen LogP contribution in [0.3, 0.4) is 0 Å². The fourth-order valence-corrected chi connectivity index (χ4v) is 9.34. The predicted molar refractivity (Wildman–Crippen MR) is 229 cm³/mol. The van der Waals surface area contributed by atoms with Crippen LogP contribution in [0, 0.1) is 0 Å². The van der Waals surface area contributed by atoms with Crippen LogP contribution in [-0.2, 0) is 0 Å². The molecule has 0 radical (unpaired) electrons. The molecule has 8 aromatic carbocycles. The van der Waals surface area contributed by atoms with E-state index in [0.29, 0.717) is 0 Å². The van der Waals surface area contributed by atoms with Crippen LogP contribution in [0.15, 0.2) is 185 Å². The van der Waals surface area contributed by atoms with Gasteiger partial charge in [-0.25, -0.2) is 0 Å². The zero-order valence-electron chi connectivity index (χ0n) is 28.3. The molecule has 0 fully saturated rings. The average molecular weight is 762 g/mol. The highest BCUT2D eigenvalue weighted by Crippen LogP contribution is 2.44. The number of fused-ring (bicyclic) bond motifs is 9. The van der Waals surface area contributed by atoms with E-state index in [-0.39, 0.29) is 0 Å². The zero-order chi connectivity index (χ0) is 35.0. The highest BCUT2D eigenvalue weighted by molar-refractivity contribution is 9.10. The highest BCUT2D eigenvalue weighted by atomic mass is 79.9. The first-order valence-electron chi connectivity index (χ1n) is 17.7. The van der Waals surface area contributed by atoms with Gasteiger partial charge < -0.3 is 13.9 Å². The second-order valence-corrected chi connectivity index (χ2v) is 15.5. The van der Waals surface area contributed by atoms with E-state index in [1.807, 2.05) is 23.5 Å². The molecule has 0 bridgehead atoms. The van der Waals surface area contributed by atoms with Gasteiger partial charge in [0.1, 0.15) is 11.2 Å². The number of aromatic nitrogens is 1. The predicted octanol–water partition coefficient (Wildman–Crippen LogP) is 15.0. The van der Waals surface area contributed by atoms with Crippen molar-refractivity contribution in [3.63, 3.8) is 0 Å². The van der Waals surface area contributed by atoms with Crippen molar-refractivity contribution in [2.45, 2.75) is 0 Å². The fraction of sp³-hybridized carbons (Fsp3) is 0. The van der Waals surface area contributed by atoms with Gasteiger partial charge in [-0.05, 0) is 102 Å². The van der Waals surface area contributed by atoms with E-state index >= 15 is 0 Å². The summed E-state index contributed by atoms with van der Waals surface area (Å²) in [5.41, 5.74) is 10.8. The molecule has 0 spiro atoms. The molecule has 0 N–H and O–H groups in total. The van der Waals surface area contributed by atoms with Gasteiger partial charge >= 0.3 is 0 Å². The number of nitrogens with zero attached hydrogens (tertiary/aromatic N) is 2. The van der Waals surface area contributed by atoms with Crippen LogP contribution in [0.5, 0.6) is 0 Å². The lowest BCUT2D eigenvalue weighted by Gasteiger charge is -2.26. The van der Waals surface area contributed by atoms with Gasteiger partial charge in [-0.1, -0.05) is 101 Å². The molecule has 0 saturated carbocycles. The second-order valence-electron chi connectivity index (χ2n) is 13.5. The van der Waals surface area contributed by atoms with E-state index in [4.69, 9.17) is 4.42 Å². The zero-order valence-corrected chi connectivity index (χ0v) is 30.7. The lowest BCUT2D eigenvalue weighted by atomic mass is 10.0. The summed E-state index contributed by atoms with van der Waals surface area (Å²) in [7, 11) is 0. The topological polar surface area (TPSA) is 21.3 Å². The third-order valence-electron chi connectivity index (χ3n) is 10.4. The van der Waals surface area contributed by atoms with Crippen LogP contribution in [0.2, 0.25) is 0 Å². The Morgan fingerprint density at radius 1 is 0.434 bits per heavy atom. The van der Waals surface area contributed by atoms with Gasteiger partial charge in [0.05, 0.1) is 11.0 Å². The van der Waals surface area contributed by atoms with Crippen molar-refractivity contribution >= 4 is 108 Å². The average Bonchev–Trinajstić information content (AvgIpc) is 3.86. The Hall–Kier alpha value is -6.14. The van der Waals surface area contributed by atoms with Crippen molar-refractivity contribution in [1.82, 2.24) is 4.57 Å². The van der Waals surface area contributed by atoms with Crippen LogP contribution < -0.4 is 4.90 Å². The van der Waals surface area contributed by atoms with E-state index in [9.17, 15) is 0 Å². The minimum atomic E-state index is 0.901. The summed E-state index contributed by atoms with van der Waals surface area (Å²) in [5, 5.41) is 7.15. The Morgan fingerprint density at radius 2 is 1.15 bits per heavy atom. The van der Waals surface area contributed by atoms with Gasteiger partial charge in [0.15, 0.2) is 0 Å². The third kappa shape index (κ3) is 4.92. The first-order valence-corrected chi connectivity index (χ1v) is 19.3. The summed E-state index contributed by atoms with van der Waals surface area (Å²) >= 11 is 5.46. The van der Waals surface area contributed by atoms with E-state index in [1.165, 1.54) is 31.1 Å². The molecule has 5 heteroatoms. The van der Waals surface area contributed by atoms with Gasteiger partial charge in [-0.3, -0.25) is 0 Å². The molecule has 11 aromatic rings. The molecular formula is C48H29BrN2OS. The number of hydrogen-bond donors (Lipinski definition) is 0. The van der Waals surface area contributed by atoms with E-state index in [1.54, 1.807) is 0 Å². The Balaban J connectivity index is 1.18.